The van der Waals surface area contributed by atoms with E-state index in [2.05, 4.69) is 30.3 Å². The lowest BCUT2D eigenvalue weighted by Gasteiger charge is -2.32. The number of nitriles is 1. The van der Waals surface area contributed by atoms with Gasteiger partial charge in [-0.25, -0.2) is 0 Å². The zero-order chi connectivity index (χ0) is 12.5. The summed E-state index contributed by atoms with van der Waals surface area (Å²) < 4.78 is 0. The van der Waals surface area contributed by atoms with Crippen molar-refractivity contribution in [1.82, 2.24) is 0 Å². The first kappa shape index (κ1) is 11.5. The molecule has 0 heterocycles. The summed E-state index contributed by atoms with van der Waals surface area (Å²) >= 11 is 0. The standard InChI is InChI=1S/C15H16N2/c1-15(2,11-16)17(3)14-10-6-8-12-7-4-5-9-13(12)14/h4-10H,1-3H3. The summed E-state index contributed by atoms with van der Waals surface area (Å²) in [5.74, 6) is 0. The van der Waals surface area contributed by atoms with E-state index in [1.54, 1.807) is 0 Å². The molecular formula is C15H16N2. The minimum absolute atomic E-state index is 0.510. The topological polar surface area (TPSA) is 27.0 Å². The fourth-order valence-electron chi connectivity index (χ4n) is 1.88. The second kappa shape index (κ2) is 4.10. The average molecular weight is 224 g/mol. The summed E-state index contributed by atoms with van der Waals surface area (Å²) in [7, 11) is 1.96. The highest BCUT2D eigenvalue weighted by Gasteiger charge is 2.24. The lowest BCUT2D eigenvalue weighted by atomic mass is 10.0. The Hall–Kier alpha value is -2.01. The largest absolute Gasteiger partial charge is 0.356 e. The van der Waals surface area contributed by atoms with Gasteiger partial charge in [0.15, 0.2) is 0 Å². The van der Waals surface area contributed by atoms with Crippen LogP contribution < -0.4 is 4.90 Å². The highest BCUT2D eigenvalue weighted by Crippen LogP contribution is 2.29. The van der Waals surface area contributed by atoms with E-state index in [1.807, 2.05) is 44.0 Å². The summed E-state index contributed by atoms with van der Waals surface area (Å²) in [6, 6.07) is 16.7. The van der Waals surface area contributed by atoms with Crippen LogP contribution in [-0.2, 0) is 0 Å². The van der Waals surface area contributed by atoms with E-state index in [-0.39, 0.29) is 0 Å². The van der Waals surface area contributed by atoms with Gasteiger partial charge in [-0.1, -0.05) is 36.4 Å². The number of hydrogen-bond donors (Lipinski definition) is 0. The van der Waals surface area contributed by atoms with Gasteiger partial charge in [-0.2, -0.15) is 5.26 Å². The molecule has 0 bridgehead atoms. The van der Waals surface area contributed by atoms with Gasteiger partial charge in [0.25, 0.3) is 0 Å². The van der Waals surface area contributed by atoms with Gasteiger partial charge < -0.3 is 4.90 Å². The molecule has 0 spiro atoms. The maximum absolute atomic E-state index is 9.21. The van der Waals surface area contributed by atoms with E-state index in [9.17, 15) is 5.26 Å². The van der Waals surface area contributed by atoms with Gasteiger partial charge in [0.1, 0.15) is 5.54 Å². The van der Waals surface area contributed by atoms with Crippen molar-refractivity contribution in [3.63, 3.8) is 0 Å². The Morgan fingerprint density at radius 1 is 1.06 bits per heavy atom. The van der Waals surface area contributed by atoms with Gasteiger partial charge in [0, 0.05) is 18.1 Å². The minimum Gasteiger partial charge on any atom is -0.356 e. The van der Waals surface area contributed by atoms with Crippen LogP contribution in [0.15, 0.2) is 42.5 Å². The first-order valence-electron chi connectivity index (χ1n) is 5.69. The molecule has 0 aromatic heterocycles. The molecule has 0 aliphatic rings. The highest BCUT2D eigenvalue weighted by atomic mass is 15.2. The first-order chi connectivity index (χ1) is 8.06. The molecule has 0 amide bonds. The number of fused-ring (bicyclic) bond motifs is 1. The Labute approximate surface area is 102 Å². The average Bonchev–Trinajstić information content (AvgIpc) is 2.37. The molecule has 0 radical (unpaired) electrons. The highest BCUT2D eigenvalue weighted by molar-refractivity contribution is 5.94. The lowest BCUT2D eigenvalue weighted by molar-refractivity contribution is 0.619. The molecule has 0 aliphatic heterocycles. The van der Waals surface area contributed by atoms with Gasteiger partial charge in [-0.15, -0.1) is 0 Å². The van der Waals surface area contributed by atoms with E-state index in [4.69, 9.17) is 0 Å². The first-order valence-corrected chi connectivity index (χ1v) is 5.69. The Morgan fingerprint density at radius 2 is 1.71 bits per heavy atom. The Morgan fingerprint density at radius 3 is 2.41 bits per heavy atom. The number of hydrogen-bond acceptors (Lipinski definition) is 2. The van der Waals surface area contributed by atoms with Gasteiger partial charge in [0.2, 0.25) is 0 Å². The maximum atomic E-state index is 9.21. The van der Waals surface area contributed by atoms with Gasteiger partial charge in [0.05, 0.1) is 6.07 Å². The van der Waals surface area contributed by atoms with Crippen LogP contribution in [0.4, 0.5) is 5.69 Å². The number of anilines is 1. The van der Waals surface area contributed by atoms with Gasteiger partial charge in [-0.05, 0) is 25.3 Å². The van der Waals surface area contributed by atoms with Crippen LogP contribution in [0, 0.1) is 11.3 Å². The molecule has 0 saturated carbocycles. The van der Waals surface area contributed by atoms with Crippen molar-refractivity contribution < 1.29 is 0 Å². The second-order valence-electron chi connectivity index (χ2n) is 4.73. The van der Waals surface area contributed by atoms with Crippen molar-refractivity contribution in [2.24, 2.45) is 0 Å². The quantitative estimate of drug-likeness (QED) is 0.779. The predicted molar refractivity (Wildman–Crippen MR) is 72.0 cm³/mol. The lowest BCUT2D eigenvalue weighted by Crippen LogP contribution is -2.39. The monoisotopic (exact) mass is 224 g/mol. The molecular weight excluding hydrogens is 208 g/mol. The van der Waals surface area contributed by atoms with Crippen molar-refractivity contribution in [3.8, 4) is 6.07 Å². The SMILES string of the molecule is CN(c1cccc2ccccc12)C(C)(C)C#N. The summed E-state index contributed by atoms with van der Waals surface area (Å²) in [4.78, 5) is 2.02. The third kappa shape index (κ3) is 1.97. The molecule has 86 valence electrons. The molecule has 0 saturated heterocycles. The predicted octanol–water partition coefficient (Wildman–Crippen LogP) is 3.58. The molecule has 0 unspecified atom stereocenters. The fraction of sp³-hybridized carbons (Fsp3) is 0.267. The van der Waals surface area contributed by atoms with E-state index in [1.165, 1.54) is 10.8 Å². The van der Waals surface area contributed by atoms with Crippen molar-refractivity contribution in [2.75, 3.05) is 11.9 Å². The third-order valence-electron chi connectivity index (χ3n) is 3.24. The molecule has 0 fully saturated rings. The summed E-state index contributed by atoms with van der Waals surface area (Å²) in [5.41, 5.74) is 0.582. The van der Waals surface area contributed by atoms with E-state index >= 15 is 0 Å². The molecule has 2 aromatic carbocycles. The number of rotatable bonds is 2. The van der Waals surface area contributed by atoms with Crippen LogP contribution in [0.25, 0.3) is 10.8 Å². The Kier molecular flexibility index (Phi) is 2.77. The zero-order valence-corrected chi connectivity index (χ0v) is 10.4. The summed E-state index contributed by atoms with van der Waals surface area (Å²) in [6.07, 6.45) is 0. The summed E-state index contributed by atoms with van der Waals surface area (Å²) in [6.45, 7) is 3.85. The van der Waals surface area contributed by atoms with Crippen molar-refractivity contribution in [2.45, 2.75) is 19.4 Å². The van der Waals surface area contributed by atoms with Crippen LogP contribution in [-0.4, -0.2) is 12.6 Å². The fourth-order valence-corrected chi connectivity index (χ4v) is 1.88. The molecule has 0 N–H and O–H groups in total. The number of nitrogens with zero attached hydrogens (tertiary/aromatic N) is 2. The van der Waals surface area contributed by atoms with Crippen LogP contribution in [0.2, 0.25) is 0 Å². The molecule has 0 atom stereocenters. The van der Waals surface area contributed by atoms with E-state index < -0.39 is 5.54 Å². The smallest absolute Gasteiger partial charge is 0.121 e. The van der Waals surface area contributed by atoms with E-state index in [0.29, 0.717) is 0 Å². The number of benzene rings is 2. The Bertz CT molecular complexity index is 573. The molecule has 0 aliphatic carbocycles. The van der Waals surface area contributed by atoms with Crippen LogP contribution in [0.5, 0.6) is 0 Å². The molecule has 2 rings (SSSR count). The maximum Gasteiger partial charge on any atom is 0.121 e. The third-order valence-corrected chi connectivity index (χ3v) is 3.24. The molecule has 2 aromatic rings. The normalized spacial score (nSPS) is 11.2. The zero-order valence-electron chi connectivity index (χ0n) is 10.4. The Balaban J connectivity index is 2.61. The van der Waals surface area contributed by atoms with Crippen LogP contribution in [0.3, 0.4) is 0 Å². The summed E-state index contributed by atoms with van der Waals surface area (Å²) in [5, 5.41) is 11.6. The van der Waals surface area contributed by atoms with Crippen molar-refractivity contribution in [1.29, 1.82) is 5.26 Å². The molecule has 2 heteroatoms. The second-order valence-corrected chi connectivity index (χ2v) is 4.73. The van der Waals surface area contributed by atoms with E-state index in [0.717, 1.165) is 5.69 Å². The molecule has 17 heavy (non-hydrogen) atoms. The van der Waals surface area contributed by atoms with Crippen molar-refractivity contribution in [3.05, 3.63) is 42.5 Å². The van der Waals surface area contributed by atoms with Gasteiger partial charge in [-0.3, -0.25) is 0 Å². The van der Waals surface area contributed by atoms with Crippen LogP contribution >= 0.6 is 0 Å². The van der Waals surface area contributed by atoms with Crippen molar-refractivity contribution >= 4 is 16.5 Å². The minimum atomic E-state index is -0.510. The molecule has 2 nitrogen and oxygen atoms in total. The van der Waals surface area contributed by atoms with Crippen LogP contribution in [0.1, 0.15) is 13.8 Å². The van der Waals surface area contributed by atoms with Gasteiger partial charge >= 0.3 is 0 Å².